The predicted molar refractivity (Wildman–Crippen MR) is 76.0 cm³/mol. The Hall–Kier alpha value is -2.64. The van der Waals surface area contributed by atoms with Gasteiger partial charge in [0, 0.05) is 30.9 Å². The number of anilines is 1. The van der Waals surface area contributed by atoms with Gasteiger partial charge in [0.1, 0.15) is 5.82 Å². The second kappa shape index (κ2) is 6.00. The molecule has 0 atom stereocenters. The zero-order chi connectivity index (χ0) is 15.5. The lowest BCUT2D eigenvalue weighted by molar-refractivity contribution is 0.0685. The van der Waals surface area contributed by atoms with Crippen molar-refractivity contribution in [2.45, 2.75) is 26.4 Å². The van der Waals surface area contributed by atoms with Gasteiger partial charge in [-0.2, -0.15) is 4.98 Å². The van der Waals surface area contributed by atoms with E-state index < -0.39 is 5.97 Å². The zero-order valence-electron chi connectivity index (χ0n) is 12.2. The van der Waals surface area contributed by atoms with Crippen LogP contribution in [0.15, 0.2) is 16.7 Å². The van der Waals surface area contributed by atoms with Crippen molar-refractivity contribution in [2.75, 3.05) is 18.0 Å². The molecule has 0 aromatic carbocycles. The van der Waals surface area contributed by atoms with E-state index in [4.69, 9.17) is 14.4 Å². The van der Waals surface area contributed by atoms with Crippen molar-refractivity contribution in [3.05, 3.63) is 29.3 Å². The number of carboxylic acids is 1. The van der Waals surface area contributed by atoms with Crippen LogP contribution in [0.3, 0.4) is 0 Å². The van der Waals surface area contributed by atoms with Crippen molar-refractivity contribution in [3.8, 4) is 6.01 Å². The third kappa shape index (κ3) is 3.16. The minimum Gasteiger partial charge on any atom is -0.476 e. The number of rotatable bonds is 5. The molecule has 1 saturated heterocycles. The number of aryl methyl sites for hydroxylation is 1. The van der Waals surface area contributed by atoms with Crippen LogP contribution in [-0.2, 0) is 6.61 Å². The summed E-state index contributed by atoms with van der Waals surface area (Å²) in [5.74, 6) is 0.0205. The molecule has 8 nitrogen and oxygen atoms in total. The molecule has 0 amide bonds. The monoisotopic (exact) mass is 304 g/mol. The topological polar surface area (TPSA) is 102 Å². The van der Waals surface area contributed by atoms with E-state index in [0.717, 1.165) is 37.4 Å². The minimum absolute atomic E-state index is 0.0309. The van der Waals surface area contributed by atoms with Crippen LogP contribution in [0.25, 0.3) is 0 Å². The van der Waals surface area contributed by atoms with E-state index in [1.807, 2.05) is 13.0 Å². The van der Waals surface area contributed by atoms with Crippen LogP contribution in [0.2, 0.25) is 0 Å². The van der Waals surface area contributed by atoms with Gasteiger partial charge in [-0.3, -0.25) is 0 Å². The Morgan fingerprint density at radius 3 is 2.82 bits per heavy atom. The molecule has 22 heavy (non-hydrogen) atoms. The molecule has 2 aromatic rings. The number of carbonyl (C=O) groups is 1. The van der Waals surface area contributed by atoms with Gasteiger partial charge in [0.2, 0.25) is 0 Å². The second-order valence-corrected chi connectivity index (χ2v) is 5.12. The van der Waals surface area contributed by atoms with Crippen molar-refractivity contribution in [1.82, 2.24) is 15.1 Å². The summed E-state index contributed by atoms with van der Waals surface area (Å²) in [6.45, 7) is 3.88. The molecule has 1 N–H and O–H groups in total. The summed E-state index contributed by atoms with van der Waals surface area (Å²) in [6, 6.07) is 3.49. The molecule has 0 spiro atoms. The highest BCUT2D eigenvalue weighted by Gasteiger charge is 2.16. The lowest BCUT2D eigenvalue weighted by Crippen LogP contribution is -2.19. The van der Waals surface area contributed by atoms with Crippen molar-refractivity contribution >= 4 is 11.8 Å². The summed E-state index contributed by atoms with van der Waals surface area (Å²) >= 11 is 0. The number of nitrogens with zero attached hydrogens (tertiary/aromatic N) is 4. The first-order valence-electron chi connectivity index (χ1n) is 7.04. The van der Waals surface area contributed by atoms with E-state index in [-0.39, 0.29) is 18.3 Å². The molecule has 0 aliphatic carbocycles. The highest BCUT2D eigenvalue weighted by Crippen LogP contribution is 2.21. The van der Waals surface area contributed by atoms with Gasteiger partial charge in [0.25, 0.3) is 0 Å². The quantitative estimate of drug-likeness (QED) is 0.889. The van der Waals surface area contributed by atoms with Gasteiger partial charge >= 0.3 is 12.0 Å². The van der Waals surface area contributed by atoms with Gasteiger partial charge in [-0.05, 0) is 19.8 Å². The lowest BCUT2D eigenvalue weighted by Gasteiger charge is -2.17. The van der Waals surface area contributed by atoms with Gasteiger partial charge < -0.3 is 19.3 Å². The van der Waals surface area contributed by atoms with Crippen LogP contribution in [0.1, 0.15) is 34.8 Å². The van der Waals surface area contributed by atoms with Crippen LogP contribution in [0, 0.1) is 6.92 Å². The average Bonchev–Trinajstić information content (AvgIpc) is 3.16. The van der Waals surface area contributed by atoms with Gasteiger partial charge in [-0.25, -0.2) is 9.78 Å². The maximum absolute atomic E-state index is 10.7. The van der Waals surface area contributed by atoms with Crippen LogP contribution in [0.5, 0.6) is 6.01 Å². The molecule has 3 rings (SSSR count). The molecule has 2 aromatic heterocycles. The number of aromatic nitrogens is 3. The first-order chi connectivity index (χ1) is 10.6. The van der Waals surface area contributed by atoms with Gasteiger partial charge in [0.05, 0.1) is 0 Å². The summed E-state index contributed by atoms with van der Waals surface area (Å²) in [7, 11) is 0. The number of hydrogen-bond donors (Lipinski definition) is 1. The highest BCUT2D eigenvalue weighted by molar-refractivity contribution is 5.85. The van der Waals surface area contributed by atoms with Crippen LogP contribution in [-0.4, -0.2) is 39.3 Å². The second-order valence-electron chi connectivity index (χ2n) is 5.12. The fourth-order valence-corrected chi connectivity index (χ4v) is 2.32. The van der Waals surface area contributed by atoms with Crippen molar-refractivity contribution in [3.63, 3.8) is 0 Å². The molecule has 116 valence electrons. The zero-order valence-corrected chi connectivity index (χ0v) is 12.2. The fourth-order valence-electron chi connectivity index (χ4n) is 2.32. The Bertz CT molecular complexity index is 679. The highest BCUT2D eigenvalue weighted by atomic mass is 16.5. The number of ether oxygens (including phenoxy) is 1. The summed E-state index contributed by atoms with van der Waals surface area (Å²) in [6.07, 6.45) is 2.32. The summed E-state index contributed by atoms with van der Waals surface area (Å²) in [5.41, 5.74) is 0.664. The molecular formula is C14H16N4O4. The normalized spacial score (nSPS) is 14.3. The van der Waals surface area contributed by atoms with Crippen molar-refractivity contribution < 1.29 is 19.2 Å². The molecule has 0 bridgehead atoms. The van der Waals surface area contributed by atoms with Crippen LogP contribution in [0.4, 0.5) is 5.82 Å². The molecule has 1 aliphatic rings. The Morgan fingerprint density at radius 1 is 1.36 bits per heavy atom. The standard InChI is InChI=1S/C14H16N4O4/c1-9-6-12(18-4-2-3-5-18)16-14(15-9)21-8-10-7-11(13(19)20)17-22-10/h6-7H,2-5,8H2,1H3,(H,19,20). The van der Waals surface area contributed by atoms with E-state index >= 15 is 0 Å². The first kappa shape index (κ1) is 14.3. The Morgan fingerprint density at radius 2 is 2.14 bits per heavy atom. The van der Waals surface area contributed by atoms with E-state index in [0.29, 0.717) is 5.76 Å². The van der Waals surface area contributed by atoms with Gasteiger partial charge in [-0.1, -0.05) is 5.16 Å². The van der Waals surface area contributed by atoms with Crippen LogP contribution >= 0.6 is 0 Å². The summed E-state index contributed by atoms with van der Waals surface area (Å²) in [4.78, 5) is 21.5. The van der Waals surface area contributed by atoms with E-state index in [1.54, 1.807) is 0 Å². The lowest BCUT2D eigenvalue weighted by atomic mass is 10.4. The fraction of sp³-hybridized carbons (Fsp3) is 0.429. The molecule has 3 heterocycles. The molecule has 8 heteroatoms. The Kier molecular flexibility index (Phi) is 3.90. The number of carboxylic acid groups (broad SMARTS) is 1. The number of aromatic carboxylic acids is 1. The predicted octanol–water partition coefficient (Wildman–Crippen LogP) is 1.65. The maximum Gasteiger partial charge on any atom is 0.358 e. The van der Waals surface area contributed by atoms with Crippen molar-refractivity contribution in [1.29, 1.82) is 0 Å². The summed E-state index contributed by atoms with van der Waals surface area (Å²) < 4.78 is 10.4. The molecule has 0 unspecified atom stereocenters. The maximum atomic E-state index is 10.7. The molecule has 1 fully saturated rings. The largest absolute Gasteiger partial charge is 0.476 e. The summed E-state index contributed by atoms with van der Waals surface area (Å²) in [5, 5.41) is 12.2. The molecular weight excluding hydrogens is 288 g/mol. The third-order valence-electron chi connectivity index (χ3n) is 3.37. The average molecular weight is 304 g/mol. The van der Waals surface area contributed by atoms with E-state index in [2.05, 4.69) is 20.0 Å². The third-order valence-corrected chi connectivity index (χ3v) is 3.37. The Labute approximate surface area is 126 Å². The van der Waals surface area contributed by atoms with E-state index in [1.165, 1.54) is 6.07 Å². The van der Waals surface area contributed by atoms with Crippen molar-refractivity contribution in [2.24, 2.45) is 0 Å². The smallest absolute Gasteiger partial charge is 0.358 e. The minimum atomic E-state index is -1.14. The number of hydrogen-bond acceptors (Lipinski definition) is 7. The molecule has 0 radical (unpaired) electrons. The SMILES string of the molecule is Cc1cc(N2CCCC2)nc(OCc2cc(C(=O)O)no2)n1. The first-order valence-corrected chi connectivity index (χ1v) is 7.04. The van der Waals surface area contributed by atoms with Crippen LogP contribution < -0.4 is 9.64 Å². The van der Waals surface area contributed by atoms with E-state index in [9.17, 15) is 4.79 Å². The van der Waals surface area contributed by atoms with Gasteiger partial charge in [-0.15, -0.1) is 0 Å². The molecule has 1 aliphatic heterocycles. The van der Waals surface area contributed by atoms with Gasteiger partial charge in [0.15, 0.2) is 18.1 Å². The Balaban J connectivity index is 1.70. The molecule has 0 saturated carbocycles.